The van der Waals surface area contributed by atoms with Gasteiger partial charge in [0.05, 0.1) is 5.56 Å². The van der Waals surface area contributed by atoms with E-state index in [4.69, 9.17) is 0 Å². The molecule has 3 rings (SSSR count). The molecule has 1 amide bonds. The highest BCUT2D eigenvalue weighted by atomic mass is 19.1. The summed E-state index contributed by atoms with van der Waals surface area (Å²) in [6.45, 7) is 0. The van der Waals surface area contributed by atoms with Crippen molar-refractivity contribution in [2.45, 2.75) is 12.8 Å². The Bertz CT molecular complexity index is 578. The third-order valence-electron chi connectivity index (χ3n) is 2.85. The van der Waals surface area contributed by atoms with Gasteiger partial charge in [-0.25, -0.2) is 9.37 Å². The maximum Gasteiger partial charge on any atom is 0.227 e. The van der Waals surface area contributed by atoms with E-state index < -0.39 is 5.82 Å². The monoisotopic (exact) mass is 246 g/mol. The van der Waals surface area contributed by atoms with E-state index in [0.29, 0.717) is 17.1 Å². The highest BCUT2D eigenvalue weighted by molar-refractivity contribution is 5.94. The van der Waals surface area contributed by atoms with Gasteiger partial charge < -0.3 is 5.32 Å². The molecule has 2 N–H and O–H groups in total. The lowest BCUT2D eigenvalue weighted by molar-refractivity contribution is -0.117. The molecule has 0 aliphatic heterocycles. The molecule has 1 fully saturated rings. The average molecular weight is 246 g/mol. The second-order valence-electron chi connectivity index (χ2n) is 4.29. The Hall–Kier alpha value is -2.24. The maximum absolute atomic E-state index is 13.6. The lowest BCUT2D eigenvalue weighted by Crippen LogP contribution is -2.13. The summed E-state index contributed by atoms with van der Waals surface area (Å²) in [5.41, 5.74) is 0.862. The van der Waals surface area contributed by atoms with E-state index in [9.17, 15) is 9.18 Å². The van der Waals surface area contributed by atoms with Crippen molar-refractivity contribution in [2.75, 3.05) is 5.32 Å². The number of hydrogen-bond acceptors (Lipinski definition) is 3. The number of hydrogen-bond donors (Lipinski definition) is 2. The van der Waals surface area contributed by atoms with Gasteiger partial charge in [-0.05, 0) is 31.0 Å². The van der Waals surface area contributed by atoms with Crippen LogP contribution in [0, 0.1) is 11.7 Å². The summed E-state index contributed by atoms with van der Waals surface area (Å²) in [4.78, 5) is 15.5. The molecular weight excluding hydrogens is 235 g/mol. The molecule has 1 heterocycles. The molecule has 2 aromatic rings. The number of benzene rings is 1. The van der Waals surface area contributed by atoms with Gasteiger partial charge in [-0.2, -0.15) is 5.10 Å². The minimum Gasteiger partial charge on any atom is -0.326 e. The summed E-state index contributed by atoms with van der Waals surface area (Å²) in [7, 11) is 0. The van der Waals surface area contributed by atoms with Crippen molar-refractivity contribution in [1.29, 1.82) is 0 Å². The molecule has 0 radical (unpaired) electrons. The van der Waals surface area contributed by atoms with Crippen molar-refractivity contribution < 1.29 is 9.18 Å². The van der Waals surface area contributed by atoms with Gasteiger partial charge in [-0.1, -0.05) is 0 Å². The molecule has 1 aliphatic carbocycles. The molecule has 18 heavy (non-hydrogen) atoms. The number of aromatic amines is 1. The van der Waals surface area contributed by atoms with E-state index >= 15 is 0 Å². The Labute approximate surface area is 102 Å². The van der Waals surface area contributed by atoms with Crippen LogP contribution in [0.5, 0.6) is 0 Å². The fraction of sp³-hybridized carbons (Fsp3) is 0.250. The van der Waals surface area contributed by atoms with Crippen LogP contribution in [0.15, 0.2) is 24.5 Å². The molecule has 1 aliphatic rings. The first-order valence-electron chi connectivity index (χ1n) is 5.70. The zero-order valence-corrected chi connectivity index (χ0v) is 9.48. The van der Waals surface area contributed by atoms with Crippen LogP contribution in [-0.4, -0.2) is 21.1 Å². The van der Waals surface area contributed by atoms with Crippen molar-refractivity contribution in [2.24, 2.45) is 5.92 Å². The minimum atomic E-state index is -0.406. The van der Waals surface area contributed by atoms with Crippen molar-refractivity contribution in [3.63, 3.8) is 0 Å². The van der Waals surface area contributed by atoms with Crippen LogP contribution in [-0.2, 0) is 4.79 Å². The second kappa shape index (κ2) is 4.21. The van der Waals surface area contributed by atoms with Gasteiger partial charge in [0.25, 0.3) is 0 Å². The Morgan fingerprint density at radius 3 is 2.94 bits per heavy atom. The van der Waals surface area contributed by atoms with Crippen LogP contribution < -0.4 is 5.32 Å². The second-order valence-corrected chi connectivity index (χ2v) is 4.29. The first kappa shape index (κ1) is 10.9. The molecule has 92 valence electrons. The van der Waals surface area contributed by atoms with Gasteiger partial charge in [0, 0.05) is 11.6 Å². The molecule has 1 aromatic carbocycles. The van der Waals surface area contributed by atoms with Crippen LogP contribution in [0.25, 0.3) is 11.4 Å². The highest BCUT2D eigenvalue weighted by Crippen LogP contribution is 2.31. The van der Waals surface area contributed by atoms with Crippen LogP contribution in [0.4, 0.5) is 10.1 Å². The Morgan fingerprint density at radius 2 is 2.28 bits per heavy atom. The number of H-pyrrole nitrogens is 1. The van der Waals surface area contributed by atoms with Crippen LogP contribution in [0.1, 0.15) is 12.8 Å². The zero-order valence-electron chi connectivity index (χ0n) is 9.48. The van der Waals surface area contributed by atoms with E-state index in [1.165, 1.54) is 18.5 Å². The molecule has 6 heteroatoms. The fourth-order valence-corrected chi connectivity index (χ4v) is 1.71. The lowest BCUT2D eigenvalue weighted by Gasteiger charge is -2.06. The largest absolute Gasteiger partial charge is 0.326 e. The molecule has 0 atom stereocenters. The fourth-order valence-electron chi connectivity index (χ4n) is 1.71. The number of carbonyl (C=O) groups is 1. The molecule has 5 nitrogen and oxygen atoms in total. The van der Waals surface area contributed by atoms with Crippen molar-refractivity contribution in [1.82, 2.24) is 15.2 Å². The average Bonchev–Trinajstić information content (AvgIpc) is 3.08. The van der Waals surface area contributed by atoms with E-state index in [-0.39, 0.29) is 11.8 Å². The molecule has 1 aromatic heterocycles. The van der Waals surface area contributed by atoms with E-state index in [0.717, 1.165) is 12.8 Å². The third kappa shape index (κ3) is 2.09. The molecule has 0 spiro atoms. The molecule has 0 bridgehead atoms. The number of halogens is 1. The summed E-state index contributed by atoms with van der Waals surface area (Å²) >= 11 is 0. The predicted molar refractivity (Wildman–Crippen MR) is 63.1 cm³/mol. The van der Waals surface area contributed by atoms with Gasteiger partial charge in [0.1, 0.15) is 12.1 Å². The van der Waals surface area contributed by atoms with E-state index in [1.807, 2.05) is 0 Å². The summed E-state index contributed by atoms with van der Waals surface area (Å²) in [6.07, 6.45) is 3.17. The van der Waals surface area contributed by atoms with Gasteiger partial charge >= 0.3 is 0 Å². The minimum absolute atomic E-state index is 0.00914. The Morgan fingerprint density at radius 1 is 1.44 bits per heavy atom. The smallest absolute Gasteiger partial charge is 0.227 e. The van der Waals surface area contributed by atoms with Crippen LogP contribution >= 0.6 is 0 Å². The molecule has 1 saturated carbocycles. The highest BCUT2D eigenvalue weighted by Gasteiger charge is 2.29. The van der Waals surface area contributed by atoms with Crippen LogP contribution in [0.3, 0.4) is 0 Å². The lowest BCUT2D eigenvalue weighted by atomic mass is 10.1. The standard InChI is InChI=1S/C12H11FN4O/c13-10-4-3-8(16-12(18)7-1-2-7)5-9(10)11-14-6-15-17-11/h3-7H,1-2H2,(H,16,18)(H,14,15,17). The Kier molecular flexibility index (Phi) is 2.55. The van der Waals surface area contributed by atoms with Gasteiger partial charge in [-0.3, -0.25) is 9.89 Å². The first-order chi connectivity index (χ1) is 8.74. The first-order valence-corrected chi connectivity index (χ1v) is 5.70. The predicted octanol–water partition coefficient (Wildman–Crippen LogP) is 1.96. The number of nitrogens with one attached hydrogen (secondary N) is 2. The van der Waals surface area contributed by atoms with Gasteiger partial charge in [0.2, 0.25) is 5.91 Å². The Balaban J connectivity index is 1.88. The summed E-state index contributed by atoms with van der Waals surface area (Å²) in [5, 5.41) is 9.04. The van der Waals surface area contributed by atoms with E-state index in [1.54, 1.807) is 6.07 Å². The van der Waals surface area contributed by atoms with E-state index in [2.05, 4.69) is 20.5 Å². The number of carbonyl (C=O) groups excluding carboxylic acids is 1. The SMILES string of the molecule is O=C(Nc1ccc(F)c(-c2ncn[nH]2)c1)C1CC1. The quantitative estimate of drug-likeness (QED) is 0.869. The topological polar surface area (TPSA) is 70.7 Å². The summed E-state index contributed by atoms with van der Waals surface area (Å²) in [6, 6.07) is 4.39. The van der Waals surface area contributed by atoms with Crippen LogP contribution in [0.2, 0.25) is 0 Å². The van der Waals surface area contributed by atoms with Crippen molar-refractivity contribution >= 4 is 11.6 Å². The van der Waals surface area contributed by atoms with Crippen molar-refractivity contribution in [3.05, 3.63) is 30.3 Å². The number of amides is 1. The summed E-state index contributed by atoms with van der Waals surface area (Å²) in [5.74, 6) is 0.0418. The number of nitrogens with zero attached hydrogens (tertiary/aromatic N) is 2. The third-order valence-corrected chi connectivity index (χ3v) is 2.85. The number of rotatable bonds is 3. The molecule has 0 unspecified atom stereocenters. The number of aromatic nitrogens is 3. The van der Waals surface area contributed by atoms with Gasteiger partial charge in [0.15, 0.2) is 5.82 Å². The molecule has 0 saturated heterocycles. The molecular formula is C12H11FN4O. The van der Waals surface area contributed by atoms with Crippen molar-refractivity contribution in [3.8, 4) is 11.4 Å². The summed E-state index contributed by atoms with van der Waals surface area (Å²) < 4.78 is 13.6. The zero-order chi connectivity index (χ0) is 12.5. The maximum atomic E-state index is 13.6. The normalized spacial score (nSPS) is 14.5. The number of anilines is 1. The van der Waals surface area contributed by atoms with Gasteiger partial charge in [-0.15, -0.1) is 0 Å².